The first kappa shape index (κ1) is 9.43. The van der Waals surface area contributed by atoms with Gasteiger partial charge in [0.05, 0.1) is 13.2 Å². The largest absolute Gasteiger partial charge is 0.493 e. The van der Waals surface area contributed by atoms with E-state index in [4.69, 9.17) is 15.6 Å². The molecule has 3 nitrogen and oxygen atoms in total. The Kier molecular flexibility index (Phi) is 2.39. The second-order valence-electron chi connectivity index (χ2n) is 3.39. The van der Waals surface area contributed by atoms with Crippen LogP contribution in [0.1, 0.15) is 23.6 Å². The molecule has 76 valence electrons. The van der Waals surface area contributed by atoms with Crippen LogP contribution in [0, 0.1) is 5.82 Å². The van der Waals surface area contributed by atoms with Gasteiger partial charge >= 0.3 is 0 Å². The number of ether oxygens (including phenoxy) is 1. The third-order valence-electron chi connectivity index (χ3n) is 2.39. The number of hydrogen-bond acceptors (Lipinski definition) is 3. The molecule has 1 aliphatic heterocycles. The summed E-state index contributed by atoms with van der Waals surface area (Å²) in [5.41, 5.74) is 6.69. The third kappa shape index (κ3) is 1.47. The summed E-state index contributed by atoms with van der Waals surface area (Å²) in [5.74, 6) is 0.0755. The Labute approximate surface area is 81.3 Å². The Morgan fingerprint density at radius 3 is 3.07 bits per heavy atom. The fraction of sp³-hybridized carbons (Fsp3) is 0.400. The maximum Gasteiger partial charge on any atom is 0.132 e. The molecule has 1 atom stereocenters. The number of benzene rings is 1. The molecule has 0 saturated carbocycles. The van der Waals surface area contributed by atoms with E-state index in [2.05, 4.69) is 0 Å². The molecule has 1 aromatic rings. The molecule has 4 heteroatoms. The summed E-state index contributed by atoms with van der Waals surface area (Å²) in [4.78, 5) is 0. The second-order valence-corrected chi connectivity index (χ2v) is 3.39. The average Bonchev–Trinajstić information content (AvgIpc) is 2.17. The highest BCUT2D eigenvalue weighted by Gasteiger charge is 2.22. The highest BCUT2D eigenvalue weighted by atomic mass is 19.1. The summed E-state index contributed by atoms with van der Waals surface area (Å²) < 4.78 is 18.8. The van der Waals surface area contributed by atoms with Crippen molar-refractivity contribution in [1.29, 1.82) is 0 Å². The molecule has 0 fully saturated rings. The number of rotatable bonds is 1. The smallest absolute Gasteiger partial charge is 0.132 e. The molecular formula is C10H12FNO2. The van der Waals surface area contributed by atoms with Gasteiger partial charge in [0, 0.05) is 18.0 Å². The molecule has 3 N–H and O–H groups in total. The van der Waals surface area contributed by atoms with Crippen LogP contribution in [-0.4, -0.2) is 11.7 Å². The first-order chi connectivity index (χ1) is 6.72. The minimum atomic E-state index is -0.390. The van der Waals surface area contributed by atoms with Crippen LogP contribution >= 0.6 is 0 Å². The molecule has 0 aromatic heterocycles. The normalized spacial score (nSPS) is 20.1. The zero-order valence-electron chi connectivity index (χ0n) is 7.66. The minimum Gasteiger partial charge on any atom is -0.493 e. The predicted molar refractivity (Wildman–Crippen MR) is 49.4 cm³/mol. The van der Waals surface area contributed by atoms with Crippen molar-refractivity contribution < 1.29 is 14.2 Å². The molecule has 0 bridgehead atoms. The van der Waals surface area contributed by atoms with E-state index in [1.807, 2.05) is 0 Å². The van der Waals surface area contributed by atoms with Crippen molar-refractivity contribution in [3.05, 3.63) is 29.1 Å². The van der Waals surface area contributed by atoms with Crippen LogP contribution in [0.15, 0.2) is 12.1 Å². The number of aliphatic hydroxyl groups is 1. The van der Waals surface area contributed by atoms with E-state index in [1.54, 1.807) is 6.07 Å². The Bertz CT molecular complexity index is 354. The zero-order valence-corrected chi connectivity index (χ0v) is 7.66. The molecule has 0 saturated heterocycles. The molecule has 1 heterocycles. The van der Waals surface area contributed by atoms with E-state index >= 15 is 0 Å². The lowest BCUT2D eigenvalue weighted by Gasteiger charge is -2.23. The molecule has 1 aliphatic rings. The van der Waals surface area contributed by atoms with Crippen molar-refractivity contribution in [3.63, 3.8) is 0 Å². The van der Waals surface area contributed by atoms with Gasteiger partial charge < -0.3 is 15.6 Å². The summed E-state index contributed by atoms with van der Waals surface area (Å²) in [5, 5.41) is 8.88. The maximum absolute atomic E-state index is 13.5. The fourth-order valence-corrected chi connectivity index (χ4v) is 1.66. The summed E-state index contributed by atoms with van der Waals surface area (Å²) in [7, 11) is 0. The Morgan fingerprint density at radius 2 is 2.36 bits per heavy atom. The molecular weight excluding hydrogens is 185 g/mol. The third-order valence-corrected chi connectivity index (χ3v) is 2.39. The van der Waals surface area contributed by atoms with E-state index < -0.39 is 5.82 Å². The van der Waals surface area contributed by atoms with Gasteiger partial charge in [-0.05, 0) is 17.7 Å². The number of aliphatic hydroxyl groups excluding tert-OH is 1. The highest BCUT2D eigenvalue weighted by molar-refractivity contribution is 5.41. The first-order valence-electron chi connectivity index (χ1n) is 4.54. The lowest BCUT2D eigenvalue weighted by atomic mass is 9.99. The highest BCUT2D eigenvalue weighted by Crippen LogP contribution is 2.33. The van der Waals surface area contributed by atoms with Crippen LogP contribution in [0.3, 0.4) is 0 Å². The quantitative estimate of drug-likeness (QED) is 0.708. The Hall–Kier alpha value is -1.13. The molecule has 14 heavy (non-hydrogen) atoms. The standard InChI is InChI=1S/C10H12FNO2/c11-7-3-6(5-13)4-9-10(7)8(12)1-2-14-9/h3-4,8,13H,1-2,5,12H2. The number of halogens is 1. The van der Waals surface area contributed by atoms with Gasteiger partial charge in [0.25, 0.3) is 0 Å². The monoisotopic (exact) mass is 197 g/mol. The van der Waals surface area contributed by atoms with Crippen molar-refractivity contribution >= 4 is 0 Å². The van der Waals surface area contributed by atoms with Gasteiger partial charge in [0.1, 0.15) is 11.6 Å². The molecule has 1 aromatic carbocycles. The van der Waals surface area contributed by atoms with Gasteiger partial charge in [0.2, 0.25) is 0 Å². The summed E-state index contributed by atoms with van der Waals surface area (Å²) in [6.07, 6.45) is 0.627. The summed E-state index contributed by atoms with van der Waals surface area (Å²) in [6.45, 7) is 0.311. The van der Waals surface area contributed by atoms with Crippen molar-refractivity contribution in [2.24, 2.45) is 5.73 Å². The van der Waals surface area contributed by atoms with Crippen molar-refractivity contribution in [2.45, 2.75) is 19.1 Å². The van der Waals surface area contributed by atoms with E-state index in [9.17, 15) is 4.39 Å². The second kappa shape index (κ2) is 3.55. The van der Waals surface area contributed by atoms with Crippen LogP contribution in [0.5, 0.6) is 5.75 Å². The van der Waals surface area contributed by atoms with E-state index in [-0.39, 0.29) is 12.6 Å². The van der Waals surface area contributed by atoms with Crippen LogP contribution in [0.4, 0.5) is 4.39 Å². The van der Waals surface area contributed by atoms with E-state index in [0.29, 0.717) is 29.9 Å². The van der Waals surface area contributed by atoms with Gasteiger partial charge in [-0.2, -0.15) is 0 Å². The van der Waals surface area contributed by atoms with E-state index in [1.165, 1.54) is 6.07 Å². The number of fused-ring (bicyclic) bond motifs is 1. The van der Waals surface area contributed by atoms with Crippen molar-refractivity contribution in [1.82, 2.24) is 0 Å². The molecule has 0 aliphatic carbocycles. The van der Waals surface area contributed by atoms with Gasteiger partial charge in [-0.1, -0.05) is 0 Å². The molecule has 0 amide bonds. The molecule has 0 radical (unpaired) electrons. The van der Waals surface area contributed by atoms with Gasteiger partial charge in [0.15, 0.2) is 0 Å². The first-order valence-corrected chi connectivity index (χ1v) is 4.54. The average molecular weight is 197 g/mol. The van der Waals surface area contributed by atoms with Crippen LogP contribution in [0.25, 0.3) is 0 Å². The van der Waals surface area contributed by atoms with Crippen LogP contribution in [0.2, 0.25) is 0 Å². The van der Waals surface area contributed by atoms with Crippen LogP contribution < -0.4 is 10.5 Å². The van der Waals surface area contributed by atoms with Gasteiger partial charge in [-0.25, -0.2) is 4.39 Å². The number of nitrogens with two attached hydrogens (primary N) is 1. The molecule has 2 rings (SSSR count). The Morgan fingerprint density at radius 1 is 1.57 bits per heavy atom. The minimum absolute atomic E-state index is 0.192. The van der Waals surface area contributed by atoms with Crippen molar-refractivity contribution in [2.75, 3.05) is 6.61 Å². The molecule has 0 spiro atoms. The Balaban J connectivity index is 2.51. The maximum atomic E-state index is 13.5. The van der Waals surface area contributed by atoms with E-state index in [0.717, 1.165) is 0 Å². The fourth-order valence-electron chi connectivity index (χ4n) is 1.66. The zero-order chi connectivity index (χ0) is 10.1. The SMILES string of the molecule is NC1CCOc2cc(CO)cc(F)c21. The van der Waals surface area contributed by atoms with Crippen LogP contribution in [-0.2, 0) is 6.61 Å². The summed E-state index contributed by atoms with van der Waals surface area (Å²) >= 11 is 0. The van der Waals surface area contributed by atoms with Gasteiger partial charge in [-0.3, -0.25) is 0 Å². The lowest BCUT2D eigenvalue weighted by molar-refractivity contribution is 0.257. The number of hydrogen-bond donors (Lipinski definition) is 2. The van der Waals surface area contributed by atoms with Gasteiger partial charge in [-0.15, -0.1) is 0 Å². The molecule has 1 unspecified atom stereocenters. The van der Waals surface area contributed by atoms with Crippen molar-refractivity contribution in [3.8, 4) is 5.75 Å². The topological polar surface area (TPSA) is 55.5 Å². The predicted octanol–water partition coefficient (Wildman–Crippen LogP) is 1.10. The lowest BCUT2D eigenvalue weighted by Crippen LogP contribution is -2.22. The summed E-state index contributed by atoms with van der Waals surface area (Å²) in [6, 6.07) is 2.64.